The first-order chi connectivity index (χ1) is 8.25. The number of aromatic nitrogens is 1. The Balaban J connectivity index is 1.88. The zero-order valence-electron chi connectivity index (χ0n) is 9.16. The molecule has 0 aliphatic carbocycles. The van der Waals surface area contributed by atoms with Crippen LogP contribution in [0.3, 0.4) is 0 Å². The quantitative estimate of drug-likeness (QED) is 0.899. The van der Waals surface area contributed by atoms with Crippen LogP contribution in [-0.2, 0) is 13.1 Å². The van der Waals surface area contributed by atoms with Crippen LogP contribution in [0.15, 0.2) is 51.5 Å². The van der Waals surface area contributed by atoms with Gasteiger partial charge in [-0.1, -0.05) is 12.1 Å². The first-order valence-corrected chi connectivity index (χ1v) is 6.89. The molecule has 0 unspecified atom stereocenters. The van der Waals surface area contributed by atoms with Crippen molar-refractivity contribution in [3.8, 4) is 0 Å². The van der Waals surface area contributed by atoms with E-state index in [-0.39, 0.29) is 0 Å². The number of rotatable bonds is 4. The molecular weight excluding hydrogens is 344 g/mol. The predicted octanol–water partition coefficient (Wildman–Crippen LogP) is 3.90. The van der Waals surface area contributed by atoms with Gasteiger partial charge in [0.1, 0.15) is 0 Å². The fraction of sp³-hybridized carbons (Fsp3) is 0.154. The minimum Gasteiger partial charge on any atom is -0.307 e. The lowest BCUT2D eigenvalue weighted by Crippen LogP contribution is -2.13. The van der Waals surface area contributed by atoms with Crippen molar-refractivity contribution in [1.29, 1.82) is 0 Å². The molecule has 1 heterocycles. The Morgan fingerprint density at radius 3 is 2.59 bits per heavy atom. The Bertz CT molecular complexity index is 486. The maximum atomic E-state index is 4.26. The summed E-state index contributed by atoms with van der Waals surface area (Å²) in [5, 5.41) is 3.37. The molecule has 0 fully saturated rings. The summed E-state index contributed by atoms with van der Waals surface area (Å²) in [5.74, 6) is 0. The van der Waals surface area contributed by atoms with Gasteiger partial charge in [-0.3, -0.25) is 4.98 Å². The number of hydrogen-bond acceptors (Lipinski definition) is 2. The SMILES string of the molecule is Brc1ccc(CNCc2ccccn2)cc1Br. The molecule has 2 rings (SSSR count). The van der Waals surface area contributed by atoms with Crippen molar-refractivity contribution in [3.63, 3.8) is 0 Å². The normalized spacial score (nSPS) is 10.5. The zero-order valence-corrected chi connectivity index (χ0v) is 12.3. The largest absolute Gasteiger partial charge is 0.307 e. The van der Waals surface area contributed by atoms with E-state index in [1.54, 1.807) is 0 Å². The van der Waals surface area contributed by atoms with E-state index >= 15 is 0 Å². The lowest BCUT2D eigenvalue weighted by molar-refractivity contribution is 0.679. The molecule has 4 heteroatoms. The van der Waals surface area contributed by atoms with Crippen LogP contribution in [-0.4, -0.2) is 4.98 Å². The van der Waals surface area contributed by atoms with E-state index in [2.05, 4.69) is 54.3 Å². The van der Waals surface area contributed by atoms with Gasteiger partial charge in [-0.25, -0.2) is 0 Å². The third kappa shape index (κ3) is 3.91. The van der Waals surface area contributed by atoms with Crippen LogP contribution in [0.5, 0.6) is 0 Å². The molecule has 0 spiro atoms. The zero-order chi connectivity index (χ0) is 12.1. The molecular formula is C13H12Br2N2. The molecule has 0 saturated heterocycles. The first kappa shape index (κ1) is 12.7. The summed E-state index contributed by atoms with van der Waals surface area (Å²) >= 11 is 6.95. The van der Waals surface area contributed by atoms with Gasteiger partial charge in [0.05, 0.1) is 5.69 Å². The van der Waals surface area contributed by atoms with Crippen LogP contribution < -0.4 is 5.32 Å². The molecule has 0 saturated carbocycles. The van der Waals surface area contributed by atoms with Crippen molar-refractivity contribution in [2.75, 3.05) is 0 Å². The van der Waals surface area contributed by atoms with Gasteiger partial charge in [-0.15, -0.1) is 0 Å². The summed E-state index contributed by atoms with van der Waals surface area (Å²) in [6.45, 7) is 1.62. The van der Waals surface area contributed by atoms with Crippen LogP contribution in [0.25, 0.3) is 0 Å². The molecule has 0 aliphatic rings. The fourth-order valence-electron chi connectivity index (χ4n) is 1.49. The van der Waals surface area contributed by atoms with E-state index in [1.807, 2.05) is 30.5 Å². The van der Waals surface area contributed by atoms with Gasteiger partial charge in [-0.05, 0) is 61.7 Å². The lowest BCUT2D eigenvalue weighted by atomic mass is 10.2. The minimum absolute atomic E-state index is 0.786. The summed E-state index contributed by atoms with van der Waals surface area (Å²) < 4.78 is 2.15. The predicted molar refractivity (Wildman–Crippen MR) is 76.6 cm³/mol. The Kier molecular flexibility index (Phi) is 4.71. The highest BCUT2D eigenvalue weighted by Gasteiger charge is 1.99. The van der Waals surface area contributed by atoms with Crippen molar-refractivity contribution in [3.05, 3.63) is 62.8 Å². The van der Waals surface area contributed by atoms with Crippen LogP contribution >= 0.6 is 31.9 Å². The Morgan fingerprint density at radius 1 is 1.00 bits per heavy atom. The summed E-state index contributed by atoms with van der Waals surface area (Å²) in [4.78, 5) is 4.26. The molecule has 1 aromatic heterocycles. The third-order valence-electron chi connectivity index (χ3n) is 2.35. The topological polar surface area (TPSA) is 24.9 Å². The van der Waals surface area contributed by atoms with E-state index in [4.69, 9.17) is 0 Å². The average Bonchev–Trinajstić information content (AvgIpc) is 2.35. The van der Waals surface area contributed by atoms with E-state index in [1.165, 1.54) is 5.56 Å². The monoisotopic (exact) mass is 354 g/mol. The van der Waals surface area contributed by atoms with E-state index in [0.29, 0.717) is 0 Å². The molecule has 2 nitrogen and oxygen atoms in total. The van der Waals surface area contributed by atoms with Crippen molar-refractivity contribution in [1.82, 2.24) is 10.3 Å². The molecule has 0 aliphatic heterocycles. The van der Waals surface area contributed by atoms with Gasteiger partial charge in [0, 0.05) is 28.2 Å². The number of nitrogens with zero attached hydrogens (tertiary/aromatic N) is 1. The number of benzene rings is 1. The van der Waals surface area contributed by atoms with Crippen LogP contribution in [0, 0.1) is 0 Å². The summed E-state index contributed by atoms with van der Waals surface area (Å²) in [5.41, 5.74) is 2.31. The summed E-state index contributed by atoms with van der Waals surface area (Å²) in [7, 11) is 0. The maximum absolute atomic E-state index is 4.26. The molecule has 88 valence electrons. The highest BCUT2D eigenvalue weighted by atomic mass is 79.9. The van der Waals surface area contributed by atoms with Crippen LogP contribution in [0.1, 0.15) is 11.3 Å². The summed E-state index contributed by atoms with van der Waals surface area (Å²) in [6.07, 6.45) is 1.81. The van der Waals surface area contributed by atoms with Gasteiger partial charge in [0.15, 0.2) is 0 Å². The van der Waals surface area contributed by atoms with Crippen molar-refractivity contribution in [2.24, 2.45) is 0 Å². The van der Waals surface area contributed by atoms with Gasteiger partial charge in [0.25, 0.3) is 0 Å². The fourth-order valence-corrected chi connectivity index (χ4v) is 2.16. The number of halogens is 2. The Hall–Kier alpha value is -0.710. The molecule has 0 atom stereocenters. The number of nitrogens with one attached hydrogen (secondary N) is 1. The molecule has 2 aromatic rings. The molecule has 1 aromatic carbocycles. The second-order valence-electron chi connectivity index (χ2n) is 3.67. The average molecular weight is 356 g/mol. The standard InChI is InChI=1S/C13H12Br2N2/c14-12-5-4-10(7-13(12)15)8-16-9-11-3-1-2-6-17-11/h1-7,16H,8-9H2. The van der Waals surface area contributed by atoms with Gasteiger partial charge in [-0.2, -0.15) is 0 Å². The van der Waals surface area contributed by atoms with Crippen LogP contribution in [0.2, 0.25) is 0 Å². The lowest BCUT2D eigenvalue weighted by Gasteiger charge is -2.05. The van der Waals surface area contributed by atoms with Gasteiger partial charge >= 0.3 is 0 Å². The minimum atomic E-state index is 0.786. The summed E-state index contributed by atoms with van der Waals surface area (Å²) in [6, 6.07) is 12.2. The van der Waals surface area contributed by atoms with E-state index in [0.717, 1.165) is 27.7 Å². The van der Waals surface area contributed by atoms with Gasteiger partial charge < -0.3 is 5.32 Å². The maximum Gasteiger partial charge on any atom is 0.0541 e. The van der Waals surface area contributed by atoms with Crippen LogP contribution in [0.4, 0.5) is 0 Å². The Morgan fingerprint density at radius 2 is 1.88 bits per heavy atom. The number of pyridine rings is 1. The second kappa shape index (κ2) is 6.28. The highest BCUT2D eigenvalue weighted by Crippen LogP contribution is 2.23. The van der Waals surface area contributed by atoms with E-state index < -0.39 is 0 Å². The highest BCUT2D eigenvalue weighted by molar-refractivity contribution is 9.13. The molecule has 17 heavy (non-hydrogen) atoms. The third-order valence-corrected chi connectivity index (χ3v) is 4.23. The first-order valence-electron chi connectivity index (χ1n) is 5.30. The molecule has 0 radical (unpaired) electrons. The van der Waals surface area contributed by atoms with Crippen molar-refractivity contribution in [2.45, 2.75) is 13.1 Å². The number of hydrogen-bond donors (Lipinski definition) is 1. The van der Waals surface area contributed by atoms with E-state index in [9.17, 15) is 0 Å². The van der Waals surface area contributed by atoms with Crippen molar-refractivity contribution >= 4 is 31.9 Å². The Labute approximate surface area is 118 Å². The smallest absolute Gasteiger partial charge is 0.0541 e. The molecule has 0 amide bonds. The molecule has 1 N–H and O–H groups in total. The van der Waals surface area contributed by atoms with Crippen molar-refractivity contribution < 1.29 is 0 Å². The molecule has 0 bridgehead atoms. The second-order valence-corrected chi connectivity index (χ2v) is 5.38. The van der Waals surface area contributed by atoms with Gasteiger partial charge in [0.2, 0.25) is 0 Å².